The van der Waals surface area contributed by atoms with Gasteiger partial charge in [0.1, 0.15) is 11.6 Å². The Hall–Kier alpha value is -2.17. The number of hydrogen-bond acceptors (Lipinski definition) is 4. The lowest BCUT2D eigenvalue weighted by atomic mass is 10.2. The van der Waals surface area contributed by atoms with Gasteiger partial charge in [0.05, 0.1) is 18.5 Å². The third-order valence-corrected chi connectivity index (χ3v) is 2.85. The molecule has 0 unspecified atom stereocenters. The van der Waals surface area contributed by atoms with Gasteiger partial charge in [-0.3, -0.25) is 0 Å². The van der Waals surface area contributed by atoms with Gasteiger partial charge >= 0.3 is 0 Å². The van der Waals surface area contributed by atoms with Crippen molar-refractivity contribution in [1.82, 2.24) is 9.55 Å². The van der Waals surface area contributed by atoms with E-state index in [1.807, 2.05) is 36.0 Å². The summed E-state index contributed by atoms with van der Waals surface area (Å²) in [6.45, 7) is 0.780. The third kappa shape index (κ3) is 2.74. The number of nitrogens with zero attached hydrogens (tertiary/aromatic N) is 2. The van der Waals surface area contributed by atoms with Crippen molar-refractivity contribution < 1.29 is 4.74 Å². The highest BCUT2D eigenvalue weighted by molar-refractivity contribution is 5.68. The number of benzene rings is 1. The molecule has 2 rings (SSSR count). The van der Waals surface area contributed by atoms with Crippen LogP contribution in [0.2, 0.25) is 0 Å². The number of nitrogen functional groups attached to an aromatic ring is 1. The smallest absolute Gasteiger partial charge is 0.121 e. The Kier molecular flexibility index (Phi) is 3.72. The highest BCUT2D eigenvalue weighted by Crippen LogP contribution is 2.24. The largest absolute Gasteiger partial charge is 0.497 e. The molecule has 0 amide bonds. The lowest BCUT2D eigenvalue weighted by Crippen LogP contribution is -2.09. The Bertz CT molecular complexity index is 521. The van der Waals surface area contributed by atoms with Crippen LogP contribution in [0.1, 0.15) is 5.82 Å². The van der Waals surface area contributed by atoms with Gasteiger partial charge in [0.2, 0.25) is 0 Å². The minimum Gasteiger partial charge on any atom is -0.497 e. The molecular formula is C13H18N4O. The number of nitrogens with one attached hydrogen (secondary N) is 1. The van der Waals surface area contributed by atoms with Crippen molar-refractivity contribution in [2.24, 2.45) is 7.05 Å². The van der Waals surface area contributed by atoms with Gasteiger partial charge in [-0.1, -0.05) is 0 Å². The average Bonchev–Trinajstić information content (AvgIpc) is 2.77. The molecular weight excluding hydrogens is 228 g/mol. The highest BCUT2D eigenvalue weighted by Gasteiger charge is 2.02. The number of ether oxygens (including phenoxy) is 1. The van der Waals surface area contributed by atoms with E-state index >= 15 is 0 Å². The topological polar surface area (TPSA) is 65.1 Å². The molecule has 1 aromatic heterocycles. The van der Waals surface area contributed by atoms with Gasteiger partial charge in [-0.2, -0.15) is 0 Å². The van der Waals surface area contributed by atoms with E-state index in [1.165, 1.54) is 0 Å². The van der Waals surface area contributed by atoms with Crippen LogP contribution in [0.3, 0.4) is 0 Å². The number of imidazole rings is 1. The fourth-order valence-corrected chi connectivity index (χ4v) is 1.76. The van der Waals surface area contributed by atoms with Gasteiger partial charge in [-0.15, -0.1) is 0 Å². The van der Waals surface area contributed by atoms with Gasteiger partial charge in [0.25, 0.3) is 0 Å². The Morgan fingerprint density at radius 1 is 1.44 bits per heavy atom. The Labute approximate surface area is 107 Å². The third-order valence-electron chi connectivity index (χ3n) is 2.85. The van der Waals surface area contributed by atoms with Crippen LogP contribution in [0.5, 0.6) is 5.75 Å². The van der Waals surface area contributed by atoms with Crippen LogP contribution in [0.25, 0.3) is 0 Å². The molecule has 2 aromatic rings. The van der Waals surface area contributed by atoms with Crippen LogP contribution in [-0.2, 0) is 13.5 Å². The molecule has 1 aromatic carbocycles. The summed E-state index contributed by atoms with van der Waals surface area (Å²) < 4.78 is 7.18. The first-order valence-electron chi connectivity index (χ1n) is 5.84. The predicted molar refractivity (Wildman–Crippen MR) is 72.8 cm³/mol. The molecule has 3 N–H and O–H groups in total. The van der Waals surface area contributed by atoms with Crippen molar-refractivity contribution >= 4 is 11.4 Å². The zero-order valence-electron chi connectivity index (χ0n) is 10.7. The summed E-state index contributed by atoms with van der Waals surface area (Å²) >= 11 is 0. The molecule has 0 atom stereocenters. The first-order valence-corrected chi connectivity index (χ1v) is 5.84. The molecule has 0 aliphatic heterocycles. The first kappa shape index (κ1) is 12.3. The molecule has 0 aliphatic rings. The van der Waals surface area contributed by atoms with Crippen molar-refractivity contribution in [3.63, 3.8) is 0 Å². The number of hydrogen-bond donors (Lipinski definition) is 2. The van der Waals surface area contributed by atoms with E-state index in [0.717, 1.165) is 35.9 Å². The van der Waals surface area contributed by atoms with Crippen LogP contribution in [0, 0.1) is 0 Å². The summed E-state index contributed by atoms with van der Waals surface area (Å²) in [5.41, 5.74) is 7.50. The fourth-order valence-electron chi connectivity index (χ4n) is 1.76. The second-order valence-electron chi connectivity index (χ2n) is 4.08. The van der Waals surface area contributed by atoms with E-state index in [4.69, 9.17) is 10.5 Å². The van der Waals surface area contributed by atoms with Crippen molar-refractivity contribution in [3.8, 4) is 5.75 Å². The molecule has 5 nitrogen and oxygen atoms in total. The number of aromatic nitrogens is 2. The van der Waals surface area contributed by atoms with E-state index in [1.54, 1.807) is 13.3 Å². The quantitative estimate of drug-likeness (QED) is 0.788. The minimum absolute atomic E-state index is 0.718. The van der Waals surface area contributed by atoms with Crippen molar-refractivity contribution in [3.05, 3.63) is 36.4 Å². The molecule has 18 heavy (non-hydrogen) atoms. The zero-order chi connectivity index (χ0) is 13.0. The fraction of sp³-hybridized carbons (Fsp3) is 0.308. The second kappa shape index (κ2) is 5.44. The lowest BCUT2D eigenvalue weighted by Gasteiger charge is -2.10. The number of aryl methyl sites for hydroxylation is 1. The van der Waals surface area contributed by atoms with Gasteiger partial charge in [0.15, 0.2) is 0 Å². The second-order valence-corrected chi connectivity index (χ2v) is 4.08. The number of rotatable bonds is 5. The number of anilines is 2. The summed E-state index contributed by atoms with van der Waals surface area (Å²) in [4.78, 5) is 4.27. The molecule has 0 aliphatic carbocycles. The monoisotopic (exact) mass is 246 g/mol. The van der Waals surface area contributed by atoms with E-state index in [2.05, 4.69) is 10.3 Å². The summed E-state index contributed by atoms with van der Waals surface area (Å²) in [5, 5.41) is 3.29. The van der Waals surface area contributed by atoms with Gasteiger partial charge in [0, 0.05) is 38.5 Å². The molecule has 0 fully saturated rings. The summed E-state index contributed by atoms with van der Waals surface area (Å²) in [6.07, 6.45) is 4.59. The molecule has 0 saturated heterocycles. The van der Waals surface area contributed by atoms with Crippen molar-refractivity contribution in [2.75, 3.05) is 24.7 Å². The summed E-state index contributed by atoms with van der Waals surface area (Å²) in [5.74, 6) is 1.84. The molecule has 0 radical (unpaired) electrons. The van der Waals surface area contributed by atoms with Crippen LogP contribution in [0.4, 0.5) is 11.4 Å². The minimum atomic E-state index is 0.718. The highest BCUT2D eigenvalue weighted by atomic mass is 16.5. The van der Waals surface area contributed by atoms with Gasteiger partial charge in [-0.25, -0.2) is 4.98 Å². The van der Waals surface area contributed by atoms with Crippen molar-refractivity contribution in [1.29, 1.82) is 0 Å². The predicted octanol–water partition coefficient (Wildman–Crippen LogP) is 1.67. The maximum absolute atomic E-state index is 5.89. The molecule has 5 heteroatoms. The Balaban J connectivity index is 1.96. The normalized spacial score (nSPS) is 10.3. The zero-order valence-corrected chi connectivity index (χ0v) is 10.7. The standard InChI is InChI=1S/C13H18N4O/c1-17-8-7-16-13(17)5-6-15-12-9-10(18-2)3-4-11(12)14/h3-4,7-9,15H,5-6,14H2,1-2H3. The molecule has 0 bridgehead atoms. The average molecular weight is 246 g/mol. The summed E-state index contributed by atoms with van der Waals surface area (Å²) in [6, 6.07) is 5.58. The van der Waals surface area contributed by atoms with Crippen LogP contribution in [-0.4, -0.2) is 23.2 Å². The molecule has 96 valence electrons. The van der Waals surface area contributed by atoms with E-state index < -0.39 is 0 Å². The van der Waals surface area contributed by atoms with Gasteiger partial charge < -0.3 is 20.4 Å². The van der Waals surface area contributed by atoms with Crippen molar-refractivity contribution in [2.45, 2.75) is 6.42 Å². The molecule has 0 saturated carbocycles. The molecule has 1 heterocycles. The Morgan fingerprint density at radius 2 is 2.28 bits per heavy atom. The van der Waals surface area contributed by atoms with E-state index in [-0.39, 0.29) is 0 Å². The SMILES string of the molecule is COc1ccc(N)c(NCCc2nccn2C)c1. The van der Waals surface area contributed by atoms with Gasteiger partial charge in [-0.05, 0) is 12.1 Å². The van der Waals surface area contributed by atoms with E-state index in [0.29, 0.717) is 0 Å². The lowest BCUT2D eigenvalue weighted by molar-refractivity contribution is 0.415. The van der Waals surface area contributed by atoms with Crippen LogP contribution >= 0.6 is 0 Å². The maximum atomic E-state index is 5.89. The Morgan fingerprint density at radius 3 is 2.94 bits per heavy atom. The molecule has 0 spiro atoms. The first-order chi connectivity index (χ1) is 8.70. The summed E-state index contributed by atoms with van der Waals surface area (Å²) in [7, 11) is 3.63. The van der Waals surface area contributed by atoms with Crippen LogP contribution < -0.4 is 15.8 Å². The number of methoxy groups -OCH3 is 1. The number of nitrogens with two attached hydrogens (primary N) is 1. The van der Waals surface area contributed by atoms with E-state index in [9.17, 15) is 0 Å². The van der Waals surface area contributed by atoms with Crippen LogP contribution in [0.15, 0.2) is 30.6 Å². The maximum Gasteiger partial charge on any atom is 0.121 e.